The number of rotatable bonds is 1. The van der Waals surface area contributed by atoms with Crippen molar-refractivity contribution in [3.63, 3.8) is 0 Å². The van der Waals surface area contributed by atoms with Gasteiger partial charge in [0.2, 0.25) is 0 Å². The van der Waals surface area contributed by atoms with Gasteiger partial charge in [-0.05, 0) is 40.1 Å². The van der Waals surface area contributed by atoms with Gasteiger partial charge < -0.3 is 5.73 Å². The maximum absolute atomic E-state index is 5.69. The first kappa shape index (κ1) is 9.91. The lowest BCUT2D eigenvalue weighted by Crippen LogP contribution is -1.84. The van der Waals surface area contributed by atoms with Crippen LogP contribution in [-0.2, 0) is 0 Å². The molecule has 1 nitrogen and oxygen atoms in total. The summed E-state index contributed by atoms with van der Waals surface area (Å²) < 4.78 is 0. The van der Waals surface area contributed by atoms with Crippen molar-refractivity contribution in [2.24, 2.45) is 0 Å². The van der Waals surface area contributed by atoms with Gasteiger partial charge in [-0.25, -0.2) is 0 Å². The van der Waals surface area contributed by atoms with Crippen LogP contribution in [0.5, 0.6) is 0 Å². The average molecular weight is 218 g/mol. The summed E-state index contributed by atoms with van der Waals surface area (Å²) in [4.78, 5) is 0. The summed E-state index contributed by atoms with van der Waals surface area (Å²) in [5.74, 6) is 0. The normalized spacial score (nSPS) is 10.6. The first-order valence-corrected chi connectivity index (χ1v) is 5.60. The largest absolute Gasteiger partial charge is 0.399 e. The van der Waals surface area contributed by atoms with Crippen LogP contribution in [0, 0.1) is 6.07 Å². The zero-order valence-electron chi connectivity index (χ0n) is 9.35. The van der Waals surface area contributed by atoms with Gasteiger partial charge in [-0.2, -0.15) is 0 Å². The van der Waals surface area contributed by atoms with Crippen molar-refractivity contribution in [3.8, 4) is 11.1 Å². The molecule has 2 N–H and O–H groups in total. The minimum atomic E-state index is 0.787. The molecule has 0 fully saturated rings. The van der Waals surface area contributed by atoms with Gasteiger partial charge >= 0.3 is 0 Å². The Morgan fingerprint density at radius 2 is 1.53 bits per heavy atom. The molecule has 3 rings (SSSR count). The summed E-state index contributed by atoms with van der Waals surface area (Å²) in [6.45, 7) is 0. The van der Waals surface area contributed by atoms with E-state index >= 15 is 0 Å². The zero-order chi connectivity index (χ0) is 11.7. The highest BCUT2D eigenvalue weighted by Gasteiger charge is 1.99. The van der Waals surface area contributed by atoms with Crippen LogP contribution in [-0.4, -0.2) is 0 Å². The second-order valence-corrected chi connectivity index (χ2v) is 4.08. The Kier molecular flexibility index (Phi) is 2.30. The molecule has 0 heterocycles. The average Bonchev–Trinajstić information content (AvgIpc) is 2.39. The Bertz CT molecular complexity index is 654. The molecule has 0 atom stereocenters. The van der Waals surface area contributed by atoms with Crippen molar-refractivity contribution < 1.29 is 0 Å². The fourth-order valence-corrected chi connectivity index (χ4v) is 1.95. The Labute approximate surface area is 101 Å². The molecule has 3 aromatic carbocycles. The maximum Gasteiger partial charge on any atom is 0.0314 e. The van der Waals surface area contributed by atoms with Crippen LogP contribution in [0.25, 0.3) is 21.9 Å². The molecule has 3 aromatic rings. The molecule has 0 bridgehead atoms. The van der Waals surface area contributed by atoms with E-state index in [4.69, 9.17) is 5.73 Å². The third-order valence-corrected chi connectivity index (χ3v) is 2.88. The molecule has 0 amide bonds. The Morgan fingerprint density at radius 1 is 0.765 bits per heavy atom. The van der Waals surface area contributed by atoms with E-state index in [9.17, 15) is 0 Å². The Balaban J connectivity index is 2.14. The second-order valence-electron chi connectivity index (χ2n) is 4.08. The van der Waals surface area contributed by atoms with Gasteiger partial charge in [-0.3, -0.25) is 0 Å². The first-order valence-electron chi connectivity index (χ1n) is 5.60. The lowest BCUT2D eigenvalue weighted by atomic mass is 10.0. The van der Waals surface area contributed by atoms with Crippen molar-refractivity contribution >= 4 is 16.5 Å². The van der Waals surface area contributed by atoms with Gasteiger partial charge in [0.1, 0.15) is 0 Å². The minimum absolute atomic E-state index is 0.787. The van der Waals surface area contributed by atoms with Crippen LogP contribution in [0.3, 0.4) is 0 Å². The number of fused-ring (bicyclic) bond motifs is 1. The lowest BCUT2D eigenvalue weighted by Gasteiger charge is -2.03. The van der Waals surface area contributed by atoms with E-state index in [-0.39, 0.29) is 0 Å². The van der Waals surface area contributed by atoms with Crippen LogP contribution in [0.2, 0.25) is 0 Å². The standard InChI is InChI=1S/C16H12N/c17-16-9-7-13(8-10-16)15-6-5-12-3-1-2-4-14(12)11-15/h1-10H,17H2. The van der Waals surface area contributed by atoms with Crippen LogP contribution in [0.1, 0.15) is 0 Å². The third kappa shape index (κ3) is 1.87. The van der Waals surface area contributed by atoms with Crippen molar-refractivity contribution in [1.29, 1.82) is 0 Å². The molecule has 0 unspecified atom stereocenters. The first-order chi connectivity index (χ1) is 8.33. The Hall–Kier alpha value is -2.28. The van der Waals surface area contributed by atoms with E-state index in [2.05, 4.69) is 30.3 Å². The second kappa shape index (κ2) is 3.95. The molecule has 1 heteroatoms. The zero-order valence-corrected chi connectivity index (χ0v) is 9.35. The van der Waals surface area contributed by atoms with Gasteiger partial charge in [0.05, 0.1) is 0 Å². The summed E-state index contributed by atoms with van der Waals surface area (Å²) >= 11 is 0. The number of benzene rings is 3. The monoisotopic (exact) mass is 218 g/mol. The molecule has 0 aliphatic heterocycles. The third-order valence-electron chi connectivity index (χ3n) is 2.88. The predicted octanol–water partition coefficient (Wildman–Crippen LogP) is 3.89. The van der Waals surface area contributed by atoms with Crippen LogP contribution in [0.15, 0.2) is 60.7 Å². The fourth-order valence-electron chi connectivity index (χ4n) is 1.95. The van der Waals surface area contributed by atoms with Crippen LogP contribution in [0.4, 0.5) is 5.69 Å². The molecule has 0 aliphatic rings. The minimum Gasteiger partial charge on any atom is -0.399 e. The molecular weight excluding hydrogens is 206 g/mol. The van der Waals surface area contributed by atoms with Gasteiger partial charge in [0, 0.05) is 5.69 Å². The number of nitrogens with two attached hydrogens (primary N) is 1. The van der Waals surface area contributed by atoms with E-state index in [0.717, 1.165) is 22.2 Å². The van der Waals surface area contributed by atoms with Gasteiger partial charge in [0.25, 0.3) is 0 Å². The van der Waals surface area contributed by atoms with E-state index in [0.29, 0.717) is 0 Å². The van der Waals surface area contributed by atoms with Crippen LogP contribution < -0.4 is 5.73 Å². The topological polar surface area (TPSA) is 26.0 Å². The van der Waals surface area contributed by atoms with Crippen molar-refractivity contribution in [3.05, 3.63) is 66.7 Å². The summed E-state index contributed by atoms with van der Waals surface area (Å²) in [7, 11) is 0. The quantitative estimate of drug-likeness (QED) is 0.616. The number of anilines is 1. The maximum atomic E-state index is 5.69. The SMILES string of the molecule is Nc1ccc(-c2[c]c3ccccc3cc2)cc1. The fraction of sp³-hybridized carbons (Fsp3) is 0. The predicted molar refractivity (Wildman–Crippen MR) is 72.6 cm³/mol. The summed E-state index contributed by atoms with van der Waals surface area (Å²) in [6, 6.07) is 23.8. The van der Waals surface area contributed by atoms with Crippen molar-refractivity contribution in [2.45, 2.75) is 0 Å². The van der Waals surface area contributed by atoms with Crippen molar-refractivity contribution in [1.82, 2.24) is 0 Å². The van der Waals surface area contributed by atoms with Gasteiger partial charge in [0.15, 0.2) is 0 Å². The molecule has 0 aliphatic carbocycles. The molecule has 1 radical (unpaired) electrons. The number of hydrogen-bond acceptors (Lipinski definition) is 1. The highest BCUT2D eigenvalue weighted by molar-refractivity contribution is 5.86. The van der Waals surface area contributed by atoms with Crippen molar-refractivity contribution in [2.75, 3.05) is 5.73 Å². The van der Waals surface area contributed by atoms with E-state index in [1.54, 1.807) is 0 Å². The summed E-state index contributed by atoms with van der Waals surface area (Å²) in [6.07, 6.45) is 0. The molecule has 0 saturated carbocycles. The lowest BCUT2D eigenvalue weighted by molar-refractivity contribution is 1.63. The van der Waals surface area contributed by atoms with Gasteiger partial charge in [-0.15, -0.1) is 0 Å². The summed E-state index contributed by atoms with van der Waals surface area (Å²) in [5, 5.41) is 2.36. The highest BCUT2D eigenvalue weighted by atomic mass is 14.5. The molecule has 0 saturated heterocycles. The molecular formula is C16H12N. The number of hydrogen-bond donors (Lipinski definition) is 1. The molecule has 17 heavy (non-hydrogen) atoms. The smallest absolute Gasteiger partial charge is 0.0314 e. The molecule has 0 aromatic heterocycles. The van der Waals surface area contributed by atoms with E-state index in [1.165, 1.54) is 5.39 Å². The van der Waals surface area contributed by atoms with Crippen LogP contribution >= 0.6 is 0 Å². The molecule has 81 valence electrons. The van der Waals surface area contributed by atoms with E-state index in [1.807, 2.05) is 36.4 Å². The van der Waals surface area contributed by atoms with E-state index < -0.39 is 0 Å². The van der Waals surface area contributed by atoms with Gasteiger partial charge in [-0.1, -0.05) is 48.5 Å². The highest BCUT2D eigenvalue weighted by Crippen LogP contribution is 2.24. The summed E-state index contributed by atoms with van der Waals surface area (Å²) in [5.41, 5.74) is 8.72. The molecule has 0 spiro atoms. The number of nitrogen functional groups attached to an aromatic ring is 1. The Morgan fingerprint density at radius 3 is 2.35 bits per heavy atom.